The lowest BCUT2D eigenvalue weighted by Gasteiger charge is -1.97. The largest absolute Gasteiger partial charge is 0.224 e. The number of rotatable bonds is 1. The molecule has 0 N–H and O–H groups in total. The standard InChI is InChI=1S/C8H10O2S.C3H8/c1-7-4-3-5-8(6-7)11(2,9)10;1-3-2/h3-6H,1-2H3;3H2,1-2H3. The van der Waals surface area contributed by atoms with Crippen LogP contribution in [0.4, 0.5) is 0 Å². The maximum atomic E-state index is 11.0. The molecule has 80 valence electrons. The number of sulfone groups is 1. The van der Waals surface area contributed by atoms with Crippen LogP contribution in [0, 0.1) is 6.92 Å². The fraction of sp³-hybridized carbons (Fsp3) is 0.455. The lowest BCUT2D eigenvalue weighted by atomic mass is 10.2. The summed E-state index contributed by atoms with van der Waals surface area (Å²) in [6, 6.07) is 6.87. The Hall–Kier alpha value is -0.830. The quantitative estimate of drug-likeness (QED) is 0.720. The molecule has 0 aliphatic carbocycles. The molecule has 0 unspecified atom stereocenters. The van der Waals surface area contributed by atoms with Gasteiger partial charge in [0, 0.05) is 6.26 Å². The molecule has 0 heterocycles. The highest BCUT2D eigenvalue weighted by molar-refractivity contribution is 7.90. The van der Waals surface area contributed by atoms with Crippen molar-refractivity contribution in [3.05, 3.63) is 29.8 Å². The third-order valence-corrected chi connectivity index (χ3v) is 2.53. The smallest absolute Gasteiger partial charge is 0.175 e. The molecule has 0 amide bonds. The van der Waals surface area contributed by atoms with Crippen molar-refractivity contribution in [3.8, 4) is 0 Å². The molecule has 0 saturated carbocycles. The Morgan fingerprint density at radius 3 is 2.00 bits per heavy atom. The van der Waals surface area contributed by atoms with Crippen molar-refractivity contribution in [2.75, 3.05) is 6.26 Å². The van der Waals surface area contributed by atoms with Gasteiger partial charge in [0.15, 0.2) is 9.84 Å². The molecule has 0 radical (unpaired) electrons. The first-order chi connectivity index (χ1) is 6.41. The van der Waals surface area contributed by atoms with E-state index in [1.165, 1.54) is 12.7 Å². The minimum absolute atomic E-state index is 0.387. The maximum absolute atomic E-state index is 11.0. The SMILES string of the molecule is CCC.Cc1cccc(S(C)(=O)=O)c1. The van der Waals surface area contributed by atoms with E-state index in [2.05, 4.69) is 13.8 Å². The van der Waals surface area contributed by atoms with Gasteiger partial charge in [0.25, 0.3) is 0 Å². The van der Waals surface area contributed by atoms with Gasteiger partial charge in [-0.15, -0.1) is 0 Å². The molecule has 0 bridgehead atoms. The Morgan fingerprint density at radius 2 is 1.71 bits per heavy atom. The zero-order chi connectivity index (χ0) is 11.2. The predicted molar refractivity (Wildman–Crippen MR) is 60.3 cm³/mol. The van der Waals surface area contributed by atoms with E-state index in [9.17, 15) is 8.42 Å². The second kappa shape index (κ2) is 5.81. The van der Waals surface area contributed by atoms with E-state index in [1.54, 1.807) is 18.2 Å². The van der Waals surface area contributed by atoms with Crippen LogP contribution in [0.25, 0.3) is 0 Å². The van der Waals surface area contributed by atoms with Gasteiger partial charge in [-0.2, -0.15) is 0 Å². The van der Waals surface area contributed by atoms with Crippen LogP contribution < -0.4 is 0 Å². The van der Waals surface area contributed by atoms with E-state index in [1.807, 2.05) is 13.0 Å². The Balaban J connectivity index is 0.000000500. The van der Waals surface area contributed by atoms with Crippen LogP contribution in [0.15, 0.2) is 29.2 Å². The van der Waals surface area contributed by atoms with Crippen LogP contribution in [0.3, 0.4) is 0 Å². The first kappa shape index (κ1) is 13.2. The van der Waals surface area contributed by atoms with Gasteiger partial charge in [-0.25, -0.2) is 8.42 Å². The monoisotopic (exact) mass is 214 g/mol. The average molecular weight is 214 g/mol. The Kier molecular flexibility index (Phi) is 5.46. The normalized spacial score (nSPS) is 10.3. The van der Waals surface area contributed by atoms with E-state index >= 15 is 0 Å². The molecule has 0 aromatic heterocycles. The topological polar surface area (TPSA) is 34.1 Å². The zero-order valence-electron chi connectivity index (χ0n) is 9.24. The average Bonchev–Trinajstić information content (AvgIpc) is 2.04. The molecule has 2 nitrogen and oxygen atoms in total. The fourth-order valence-corrected chi connectivity index (χ4v) is 1.57. The first-order valence-corrected chi connectivity index (χ1v) is 6.57. The second-order valence-corrected chi connectivity index (χ2v) is 5.31. The molecule has 0 spiro atoms. The van der Waals surface area contributed by atoms with Crippen LogP contribution in [-0.2, 0) is 9.84 Å². The highest BCUT2D eigenvalue weighted by Gasteiger charge is 2.04. The molecule has 0 saturated heterocycles. The van der Waals surface area contributed by atoms with Crippen LogP contribution in [0.5, 0.6) is 0 Å². The van der Waals surface area contributed by atoms with Crippen molar-refractivity contribution >= 4 is 9.84 Å². The fourth-order valence-electron chi connectivity index (χ4n) is 0.846. The molecule has 14 heavy (non-hydrogen) atoms. The van der Waals surface area contributed by atoms with Gasteiger partial charge in [-0.1, -0.05) is 32.4 Å². The Morgan fingerprint density at radius 1 is 1.21 bits per heavy atom. The van der Waals surface area contributed by atoms with Gasteiger partial charge in [-0.05, 0) is 24.6 Å². The van der Waals surface area contributed by atoms with Crippen LogP contribution in [0.2, 0.25) is 0 Å². The summed E-state index contributed by atoms with van der Waals surface area (Å²) in [5.41, 5.74) is 0.966. The summed E-state index contributed by atoms with van der Waals surface area (Å²) >= 11 is 0. The summed E-state index contributed by atoms with van der Waals surface area (Å²) in [5.74, 6) is 0. The van der Waals surface area contributed by atoms with Crippen molar-refractivity contribution in [2.24, 2.45) is 0 Å². The zero-order valence-corrected chi connectivity index (χ0v) is 10.1. The summed E-state index contributed by atoms with van der Waals surface area (Å²) in [4.78, 5) is 0.387. The number of aryl methyl sites for hydroxylation is 1. The molecule has 0 fully saturated rings. The van der Waals surface area contributed by atoms with E-state index < -0.39 is 9.84 Å². The molecular formula is C11H18O2S. The summed E-state index contributed by atoms with van der Waals surface area (Å²) in [5, 5.41) is 0. The van der Waals surface area contributed by atoms with Crippen molar-refractivity contribution in [2.45, 2.75) is 32.1 Å². The molecule has 0 aliphatic heterocycles. The van der Waals surface area contributed by atoms with E-state index in [4.69, 9.17) is 0 Å². The van der Waals surface area contributed by atoms with E-state index in [0.717, 1.165) is 5.56 Å². The molecule has 1 rings (SSSR count). The van der Waals surface area contributed by atoms with Crippen molar-refractivity contribution in [1.29, 1.82) is 0 Å². The van der Waals surface area contributed by atoms with Gasteiger partial charge >= 0.3 is 0 Å². The Bertz CT molecular complexity index is 367. The van der Waals surface area contributed by atoms with Crippen LogP contribution in [-0.4, -0.2) is 14.7 Å². The number of benzene rings is 1. The molecule has 1 aromatic rings. The van der Waals surface area contributed by atoms with Crippen LogP contribution >= 0.6 is 0 Å². The maximum Gasteiger partial charge on any atom is 0.175 e. The van der Waals surface area contributed by atoms with Crippen molar-refractivity contribution in [1.82, 2.24) is 0 Å². The summed E-state index contributed by atoms with van der Waals surface area (Å²) in [6.07, 6.45) is 2.46. The third-order valence-electron chi connectivity index (χ3n) is 1.42. The second-order valence-electron chi connectivity index (χ2n) is 3.30. The number of hydrogen-bond acceptors (Lipinski definition) is 2. The van der Waals surface area contributed by atoms with Crippen LogP contribution in [0.1, 0.15) is 25.8 Å². The number of hydrogen-bond donors (Lipinski definition) is 0. The molecule has 0 aliphatic rings. The van der Waals surface area contributed by atoms with Crippen molar-refractivity contribution < 1.29 is 8.42 Å². The predicted octanol–water partition coefficient (Wildman–Crippen LogP) is 2.81. The van der Waals surface area contributed by atoms with Gasteiger partial charge < -0.3 is 0 Å². The lowest BCUT2D eigenvalue weighted by molar-refractivity contribution is 0.602. The summed E-state index contributed by atoms with van der Waals surface area (Å²) in [6.45, 7) is 6.12. The summed E-state index contributed by atoms with van der Waals surface area (Å²) in [7, 11) is -3.03. The first-order valence-electron chi connectivity index (χ1n) is 4.68. The molecule has 0 atom stereocenters. The third kappa shape index (κ3) is 5.02. The minimum Gasteiger partial charge on any atom is -0.224 e. The molecule has 3 heteroatoms. The van der Waals surface area contributed by atoms with E-state index in [0.29, 0.717) is 4.90 Å². The minimum atomic E-state index is -3.03. The van der Waals surface area contributed by atoms with Crippen molar-refractivity contribution in [3.63, 3.8) is 0 Å². The lowest BCUT2D eigenvalue weighted by Crippen LogP contribution is -1.96. The van der Waals surface area contributed by atoms with Gasteiger partial charge in [0.2, 0.25) is 0 Å². The summed E-state index contributed by atoms with van der Waals surface area (Å²) < 4.78 is 22.0. The van der Waals surface area contributed by atoms with Gasteiger partial charge in [-0.3, -0.25) is 0 Å². The molecule has 1 aromatic carbocycles. The van der Waals surface area contributed by atoms with Gasteiger partial charge in [0.05, 0.1) is 4.90 Å². The highest BCUT2D eigenvalue weighted by Crippen LogP contribution is 2.09. The van der Waals surface area contributed by atoms with E-state index in [-0.39, 0.29) is 0 Å². The van der Waals surface area contributed by atoms with Gasteiger partial charge in [0.1, 0.15) is 0 Å². The molecular weight excluding hydrogens is 196 g/mol. The highest BCUT2D eigenvalue weighted by atomic mass is 32.2. The Labute approximate surface area is 86.9 Å².